The van der Waals surface area contributed by atoms with Gasteiger partial charge < -0.3 is 39.9 Å². The highest BCUT2D eigenvalue weighted by Crippen LogP contribution is 2.37. The number of alkyl carbamates (subject to hydrolysis) is 2. The fraction of sp³-hybridized carbons (Fsp3) is 0.429. The van der Waals surface area contributed by atoms with Gasteiger partial charge in [0, 0.05) is 23.7 Å². The van der Waals surface area contributed by atoms with Crippen LogP contribution >= 0.6 is 11.6 Å². The van der Waals surface area contributed by atoms with Crippen molar-refractivity contribution in [2.75, 3.05) is 27.3 Å². The number of aromatic nitrogens is 4. The summed E-state index contributed by atoms with van der Waals surface area (Å²) in [5.74, 6) is 0.862. The molecule has 2 aliphatic heterocycles. The molecule has 4 N–H and O–H groups in total. The smallest absolute Gasteiger partial charge is 0.407 e. The molecule has 4 atom stereocenters. The van der Waals surface area contributed by atoms with Crippen LogP contribution in [0.4, 0.5) is 9.59 Å². The molecule has 2 aliphatic rings. The maximum absolute atomic E-state index is 13.6. The van der Waals surface area contributed by atoms with Gasteiger partial charge in [-0.25, -0.2) is 19.6 Å². The predicted molar refractivity (Wildman–Crippen MR) is 217 cm³/mol. The minimum atomic E-state index is -0.708. The van der Waals surface area contributed by atoms with E-state index < -0.39 is 24.3 Å². The highest BCUT2D eigenvalue weighted by Gasteiger charge is 2.39. The van der Waals surface area contributed by atoms with Crippen molar-refractivity contribution >= 4 is 57.7 Å². The lowest BCUT2D eigenvalue weighted by Gasteiger charge is -2.29. The fourth-order valence-corrected chi connectivity index (χ4v) is 8.33. The first-order chi connectivity index (χ1) is 27.4. The van der Waals surface area contributed by atoms with Gasteiger partial charge in [-0.15, -0.1) is 0 Å². The molecule has 2 fully saturated rings. The van der Waals surface area contributed by atoms with Crippen molar-refractivity contribution < 1.29 is 28.7 Å². The first-order valence-corrected chi connectivity index (χ1v) is 19.8. The number of aromatic amines is 2. The number of ether oxygens (including phenoxy) is 2. The maximum atomic E-state index is 13.6. The molecule has 5 aromatic rings. The Labute approximate surface area is 336 Å². The van der Waals surface area contributed by atoms with Crippen LogP contribution in [0.3, 0.4) is 0 Å². The topological polar surface area (TPSA) is 175 Å². The molecular weight excluding hydrogens is 748 g/mol. The third-order valence-electron chi connectivity index (χ3n) is 11.1. The molecule has 0 saturated carbocycles. The van der Waals surface area contributed by atoms with Gasteiger partial charge in [0.25, 0.3) is 0 Å². The van der Waals surface area contributed by atoms with Crippen LogP contribution in [0.25, 0.3) is 44.3 Å². The van der Waals surface area contributed by atoms with E-state index in [0.717, 1.165) is 70.0 Å². The number of benzene rings is 3. The van der Waals surface area contributed by atoms with Gasteiger partial charge in [0.15, 0.2) is 0 Å². The second-order valence-electron chi connectivity index (χ2n) is 15.5. The summed E-state index contributed by atoms with van der Waals surface area (Å²) in [4.78, 5) is 71.5. The summed E-state index contributed by atoms with van der Waals surface area (Å²) in [5, 5.41) is 5.98. The maximum Gasteiger partial charge on any atom is 0.407 e. The van der Waals surface area contributed by atoms with E-state index in [2.05, 4.69) is 20.6 Å². The van der Waals surface area contributed by atoms with Gasteiger partial charge in [0.05, 0.1) is 48.4 Å². The average Bonchev–Trinajstić information content (AvgIpc) is 4.03. The summed E-state index contributed by atoms with van der Waals surface area (Å²) in [7, 11) is 2.57. The van der Waals surface area contributed by atoms with E-state index in [-0.39, 0.29) is 35.7 Å². The molecule has 4 heterocycles. The van der Waals surface area contributed by atoms with E-state index in [9.17, 15) is 19.2 Å². The number of H-pyrrole nitrogens is 2. The molecule has 0 unspecified atom stereocenters. The Morgan fingerprint density at radius 1 is 0.684 bits per heavy atom. The molecule has 2 aromatic heterocycles. The normalized spacial score (nSPS) is 18.1. The zero-order valence-corrected chi connectivity index (χ0v) is 33.8. The van der Waals surface area contributed by atoms with Gasteiger partial charge in [-0.3, -0.25) is 9.59 Å². The first-order valence-electron chi connectivity index (χ1n) is 19.5. The van der Waals surface area contributed by atoms with Crippen molar-refractivity contribution in [3.8, 4) is 22.3 Å². The number of hydrogen-bond acceptors (Lipinski definition) is 8. The lowest BCUT2D eigenvalue weighted by molar-refractivity contribution is -0.136. The number of nitrogens with zero attached hydrogens (tertiary/aromatic N) is 4. The summed E-state index contributed by atoms with van der Waals surface area (Å²) < 4.78 is 9.54. The number of amides is 4. The number of hydrogen-bond donors (Lipinski definition) is 4. The number of carbonyl (C=O) groups is 4. The van der Waals surface area contributed by atoms with Crippen LogP contribution in [0.15, 0.2) is 54.6 Å². The van der Waals surface area contributed by atoms with Crippen molar-refractivity contribution in [1.82, 2.24) is 40.4 Å². The van der Waals surface area contributed by atoms with Crippen LogP contribution in [0.5, 0.6) is 0 Å². The zero-order chi connectivity index (χ0) is 40.5. The van der Waals surface area contributed by atoms with E-state index in [1.54, 1.807) is 9.80 Å². The standard InChI is InChI=1S/C42H49ClN8O6/c1-22(2)35(48-41(54)56-5)39(52)50-17-7-9-33(50)37-44-29-15-12-25(20-31(29)46-37)24-11-14-27(28(43)19-24)26-13-16-30-32(21-26)47-38(45-30)34-10-8-18-51(34)40(53)36(23(3)4)49-42(55)57-6/h11-16,19-23,33-36H,7-10,17-18H2,1-6H3,(H,44,46)(H,45,47)(H,48,54)(H,49,55)/t33-,34-,35-,36-/m0/s1. The minimum absolute atomic E-state index is 0.120. The van der Waals surface area contributed by atoms with E-state index in [1.807, 2.05) is 82.3 Å². The summed E-state index contributed by atoms with van der Waals surface area (Å²) in [6.45, 7) is 8.73. The van der Waals surface area contributed by atoms with Crippen LogP contribution in [-0.2, 0) is 19.1 Å². The van der Waals surface area contributed by atoms with Crippen molar-refractivity contribution in [2.45, 2.75) is 77.5 Å². The SMILES string of the molecule is COC(=O)N[C@H](C(=O)N1CCC[C@H]1c1nc2ccc(-c3ccc(-c4ccc5nc([C@@H]6CCCN6C(=O)[C@@H](NC(=O)OC)C(C)C)[nH]c5c4)c(Cl)c3)cc2[nH]1)C(C)C. The molecule has 0 spiro atoms. The minimum Gasteiger partial charge on any atom is -0.453 e. The Morgan fingerprint density at radius 2 is 1.12 bits per heavy atom. The number of imidazole rings is 2. The van der Waals surface area contributed by atoms with E-state index in [0.29, 0.717) is 29.8 Å². The second kappa shape index (κ2) is 16.5. The lowest BCUT2D eigenvalue weighted by Crippen LogP contribution is -2.51. The molecule has 15 heteroatoms. The molecular formula is C42H49ClN8O6. The third kappa shape index (κ3) is 8.00. The highest BCUT2D eigenvalue weighted by molar-refractivity contribution is 6.33. The third-order valence-corrected chi connectivity index (χ3v) is 11.4. The van der Waals surface area contributed by atoms with Crippen molar-refractivity contribution in [2.24, 2.45) is 11.8 Å². The summed E-state index contributed by atoms with van der Waals surface area (Å²) in [5.41, 5.74) is 6.92. The molecule has 7 rings (SSSR count). The van der Waals surface area contributed by atoms with Crippen LogP contribution in [0.1, 0.15) is 77.1 Å². The van der Waals surface area contributed by atoms with Crippen LogP contribution in [-0.4, -0.2) is 93.1 Å². The van der Waals surface area contributed by atoms with E-state index >= 15 is 0 Å². The summed E-state index contributed by atoms with van der Waals surface area (Å²) in [6.07, 6.45) is 1.91. The van der Waals surface area contributed by atoms with Crippen LogP contribution in [0, 0.1) is 11.8 Å². The summed E-state index contributed by atoms with van der Waals surface area (Å²) >= 11 is 6.97. The van der Waals surface area contributed by atoms with Gasteiger partial charge in [-0.2, -0.15) is 0 Å². The fourth-order valence-electron chi connectivity index (χ4n) is 8.04. The largest absolute Gasteiger partial charge is 0.453 e. The summed E-state index contributed by atoms with van der Waals surface area (Å²) in [6, 6.07) is 16.1. The van der Waals surface area contributed by atoms with E-state index in [4.69, 9.17) is 31.0 Å². The molecule has 2 saturated heterocycles. The first kappa shape index (κ1) is 39.6. The lowest BCUT2D eigenvalue weighted by atomic mass is 9.99. The second-order valence-corrected chi connectivity index (χ2v) is 15.9. The predicted octanol–water partition coefficient (Wildman–Crippen LogP) is 7.51. The van der Waals surface area contributed by atoms with Gasteiger partial charge in [0.2, 0.25) is 11.8 Å². The molecule has 0 bridgehead atoms. The van der Waals surface area contributed by atoms with Crippen molar-refractivity contribution in [1.29, 1.82) is 0 Å². The zero-order valence-electron chi connectivity index (χ0n) is 33.0. The monoisotopic (exact) mass is 796 g/mol. The molecule has 57 heavy (non-hydrogen) atoms. The Hall–Kier alpha value is -5.63. The number of carbonyl (C=O) groups excluding carboxylic acids is 4. The number of methoxy groups -OCH3 is 2. The van der Waals surface area contributed by atoms with E-state index in [1.165, 1.54) is 14.2 Å². The molecule has 0 radical (unpaired) electrons. The van der Waals surface area contributed by atoms with Crippen molar-refractivity contribution in [3.05, 3.63) is 71.3 Å². The van der Waals surface area contributed by atoms with Gasteiger partial charge in [-0.05, 0) is 84.5 Å². The number of halogens is 1. The Balaban J connectivity index is 1.09. The quantitative estimate of drug-likeness (QED) is 0.112. The van der Waals surface area contributed by atoms with Crippen LogP contribution in [0.2, 0.25) is 5.02 Å². The number of nitrogens with one attached hydrogen (secondary N) is 4. The molecule has 3 aromatic carbocycles. The average molecular weight is 797 g/mol. The van der Waals surface area contributed by atoms with Crippen LogP contribution < -0.4 is 10.6 Å². The number of likely N-dealkylation sites (tertiary alicyclic amines) is 2. The Bertz CT molecular complexity index is 2320. The van der Waals surface area contributed by atoms with Crippen molar-refractivity contribution in [3.63, 3.8) is 0 Å². The highest BCUT2D eigenvalue weighted by atomic mass is 35.5. The Morgan fingerprint density at radius 3 is 1.58 bits per heavy atom. The van der Waals surface area contributed by atoms with Gasteiger partial charge in [0.1, 0.15) is 23.7 Å². The number of rotatable bonds is 10. The van der Waals surface area contributed by atoms with Gasteiger partial charge >= 0.3 is 12.2 Å². The van der Waals surface area contributed by atoms with Gasteiger partial charge in [-0.1, -0.05) is 63.6 Å². The molecule has 14 nitrogen and oxygen atoms in total. The molecule has 4 amide bonds. The molecule has 300 valence electrons. The number of fused-ring (bicyclic) bond motifs is 2. The molecule has 0 aliphatic carbocycles. The Kier molecular flexibility index (Phi) is 11.4.